The van der Waals surface area contributed by atoms with Gasteiger partial charge in [0.25, 0.3) is 10.0 Å². The molecule has 0 saturated carbocycles. The Morgan fingerprint density at radius 2 is 2.00 bits per heavy atom. The number of carboxylic acids is 1. The molecular formula is C15H21F3N2O5S2. The molecule has 2 saturated heterocycles. The van der Waals surface area contributed by atoms with E-state index in [0.717, 1.165) is 19.5 Å². The third-order valence-corrected chi connectivity index (χ3v) is 7.58. The summed E-state index contributed by atoms with van der Waals surface area (Å²) < 4.78 is 64.9. The highest BCUT2D eigenvalue weighted by molar-refractivity contribution is 7.91. The smallest absolute Gasteiger partial charge is 0.475 e. The summed E-state index contributed by atoms with van der Waals surface area (Å²) in [5.74, 6) is -2.76. The number of thiophene rings is 1. The third kappa shape index (κ3) is 5.64. The number of hydrogen-bond acceptors (Lipinski definition) is 6. The van der Waals surface area contributed by atoms with E-state index in [1.54, 1.807) is 21.8 Å². The molecule has 1 aromatic heterocycles. The molecule has 1 atom stereocenters. The Balaban J connectivity index is 0.000000321. The molecule has 0 radical (unpaired) electrons. The minimum atomic E-state index is -5.08. The maximum Gasteiger partial charge on any atom is 0.490 e. The Morgan fingerprint density at radius 1 is 1.33 bits per heavy atom. The van der Waals surface area contributed by atoms with E-state index in [2.05, 4.69) is 11.9 Å². The van der Waals surface area contributed by atoms with Crippen molar-refractivity contribution in [2.45, 2.75) is 16.8 Å². The van der Waals surface area contributed by atoms with Gasteiger partial charge in [-0.25, -0.2) is 13.2 Å². The average Bonchev–Trinajstić information content (AvgIpc) is 3.16. The normalized spacial score (nSPS) is 25.0. The minimum Gasteiger partial charge on any atom is -0.475 e. The molecule has 1 spiro atoms. The predicted molar refractivity (Wildman–Crippen MR) is 92.1 cm³/mol. The fraction of sp³-hybridized carbons (Fsp3) is 0.667. The van der Waals surface area contributed by atoms with Crippen LogP contribution >= 0.6 is 11.3 Å². The largest absolute Gasteiger partial charge is 0.490 e. The molecule has 1 aromatic rings. The van der Waals surface area contributed by atoms with E-state index >= 15 is 0 Å². The van der Waals surface area contributed by atoms with Crippen LogP contribution < -0.4 is 0 Å². The van der Waals surface area contributed by atoms with E-state index in [-0.39, 0.29) is 5.41 Å². The Kier molecular flexibility index (Phi) is 6.90. The van der Waals surface area contributed by atoms with E-state index in [1.807, 2.05) is 0 Å². The molecule has 2 fully saturated rings. The second kappa shape index (κ2) is 8.43. The molecule has 7 nitrogen and oxygen atoms in total. The number of alkyl halides is 3. The molecule has 0 amide bonds. The quantitative estimate of drug-likeness (QED) is 0.769. The van der Waals surface area contributed by atoms with Gasteiger partial charge in [-0.1, -0.05) is 6.07 Å². The molecule has 0 aromatic carbocycles. The van der Waals surface area contributed by atoms with Crippen molar-refractivity contribution >= 4 is 27.3 Å². The Morgan fingerprint density at radius 3 is 2.48 bits per heavy atom. The van der Waals surface area contributed by atoms with E-state index in [1.165, 1.54) is 11.3 Å². The monoisotopic (exact) mass is 430 g/mol. The maximum atomic E-state index is 12.7. The van der Waals surface area contributed by atoms with Crippen molar-refractivity contribution in [3.05, 3.63) is 17.5 Å². The second-order valence-electron chi connectivity index (χ2n) is 6.61. The van der Waals surface area contributed by atoms with Crippen molar-refractivity contribution in [2.24, 2.45) is 5.41 Å². The average molecular weight is 430 g/mol. The zero-order valence-electron chi connectivity index (χ0n) is 14.6. The predicted octanol–water partition coefficient (Wildman–Crippen LogP) is 1.72. The number of hydrogen-bond donors (Lipinski definition) is 1. The molecule has 1 N–H and O–H groups in total. The lowest BCUT2D eigenvalue weighted by molar-refractivity contribution is -0.192. The second-order valence-corrected chi connectivity index (χ2v) is 9.73. The molecule has 2 aliphatic rings. The molecule has 0 aliphatic carbocycles. The van der Waals surface area contributed by atoms with Gasteiger partial charge in [0.15, 0.2) is 0 Å². The third-order valence-electron chi connectivity index (χ3n) is 4.37. The van der Waals surface area contributed by atoms with Crippen molar-refractivity contribution < 1.29 is 36.2 Å². The number of ether oxygens (including phenoxy) is 1. The van der Waals surface area contributed by atoms with Gasteiger partial charge in [0.1, 0.15) is 4.21 Å². The minimum absolute atomic E-state index is 0.0461. The van der Waals surface area contributed by atoms with Crippen LogP contribution in [0.2, 0.25) is 0 Å². The Labute approximate surface area is 159 Å². The summed E-state index contributed by atoms with van der Waals surface area (Å²) in [5.41, 5.74) is -0.0461. The van der Waals surface area contributed by atoms with Gasteiger partial charge in [-0.3, -0.25) is 0 Å². The highest BCUT2D eigenvalue weighted by Gasteiger charge is 2.43. The van der Waals surface area contributed by atoms with E-state index in [4.69, 9.17) is 14.6 Å². The highest BCUT2D eigenvalue weighted by atomic mass is 32.2. The van der Waals surface area contributed by atoms with Crippen LogP contribution in [-0.2, 0) is 19.6 Å². The number of nitrogens with zero attached hydrogens (tertiary/aromatic N) is 2. The number of likely N-dealkylation sites (tertiary alicyclic amines) is 1. The zero-order chi connectivity index (χ0) is 20.3. The van der Waals surface area contributed by atoms with Crippen molar-refractivity contribution in [3.63, 3.8) is 0 Å². The lowest BCUT2D eigenvalue weighted by Gasteiger charge is -2.30. The van der Waals surface area contributed by atoms with Crippen LogP contribution in [0, 0.1) is 5.41 Å². The maximum absolute atomic E-state index is 12.7. The number of sulfonamides is 1. The topological polar surface area (TPSA) is 87.2 Å². The van der Waals surface area contributed by atoms with Gasteiger partial charge >= 0.3 is 12.1 Å². The molecule has 27 heavy (non-hydrogen) atoms. The van der Waals surface area contributed by atoms with Crippen LogP contribution in [-0.4, -0.2) is 81.3 Å². The van der Waals surface area contributed by atoms with Crippen LogP contribution in [0.5, 0.6) is 0 Å². The van der Waals surface area contributed by atoms with Gasteiger partial charge in [-0.05, 0) is 31.5 Å². The first-order valence-electron chi connectivity index (χ1n) is 8.06. The van der Waals surface area contributed by atoms with Gasteiger partial charge in [-0.2, -0.15) is 17.5 Å². The molecule has 1 unspecified atom stereocenters. The summed E-state index contributed by atoms with van der Waals surface area (Å²) in [4.78, 5) is 11.2. The van der Waals surface area contributed by atoms with Crippen molar-refractivity contribution in [1.82, 2.24) is 9.21 Å². The number of carbonyl (C=O) groups is 1. The zero-order valence-corrected chi connectivity index (χ0v) is 16.2. The number of carboxylic acid groups (broad SMARTS) is 1. The van der Waals surface area contributed by atoms with Crippen molar-refractivity contribution in [1.29, 1.82) is 0 Å². The van der Waals surface area contributed by atoms with Crippen LogP contribution in [0.3, 0.4) is 0 Å². The SMILES string of the molecule is CN1CCC2(COCCN(S(=O)(=O)c3cccs3)C2)C1.O=C(O)C(F)(F)F. The summed E-state index contributed by atoms with van der Waals surface area (Å²) in [6.07, 6.45) is -4.08. The summed E-state index contributed by atoms with van der Waals surface area (Å²) in [7, 11) is -1.29. The van der Waals surface area contributed by atoms with E-state index < -0.39 is 22.2 Å². The molecular weight excluding hydrogens is 409 g/mol. The Bertz CT molecular complexity index is 739. The molecule has 154 valence electrons. The Hall–Kier alpha value is -1.21. The van der Waals surface area contributed by atoms with Crippen LogP contribution in [0.15, 0.2) is 21.7 Å². The van der Waals surface area contributed by atoms with Crippen LogP contribution in [0.25, 0.3) is 0 Å². The number of halogens is 3. The van der Waals surface area contributed by atoms with E-state index in [0.29, 0.717) is 30.5 Å². The van der Waals surface area contributed by atoms with E-state index in [9.17, 15) is 21.6 Å². The lowest BCUT2D eigenvalue weighted by Crippen LogP contribution is -2.42. The summed E-state index contributed by atoms with van der Waals surface area (Å²) in [6, 6.07) is 3.46. The number of rotatable bonds is 2. The summed E-state index contributed by atoms with van der Waals surface area (Å²) >= 11 is 1.28. The van der Waals surface area contributed by atoms with Crippen molar-refractivity contribution in [3.8, 4) is 0 Å². The first-order chi connectivity index (χ1) is 12.5. The van der Waals surface area contributed by atoms with Crippen molar-refractivity contribution in [2.75, 3.05) is 46.4 Å². The molecule has 3 rings (SSSR count). The van der Waals surface area contributed by atoms with Crippen LogP contribution in [0.4, 0.5) is 13.2 Å². The van der Waals surface area contributed by atoms with Crippen LogP contribution in [0.1, 0.15) is 6.42 Å². The summed E-state index contributed by atoms with van der Waals surface area (Å²) in [6.45, 7) is 4.08. The summed E-state index contributed by atoms with van der Waals surface area (Å²) in [5, 5.41) is 8.93. The fourth-order valence-corrected chi connectivity index (χ4v) is 5.78. The first kappa shape index (κ1) is 22.1. The van der Waals surface area contributed by atoms with Gasteiger partial charge in [0.05, 0.1) is 13.2 Å². The molecule has 3 heterocycles. The fourth-order valence-electron chi connectivity index (χ4n) is 3.10. The molecule has 0 bridgehead atoms. The van der Waals surface area contributed by atoms with Gasteiger partial charge in [-0.15, -0.1) is 11.3 Å². The molecule has 12 heteroatoms. The molecule has 2 aliphatic heterocycles. The standard InChI is InChI=1S/C13H20N2O3S2.C2HF3O2/c1-14-5-4-13(9-14)10-15(6-7-18-11-13)20(16,17)12-3-2-8-19-12;3-2(4,5)1(6)7/h2-3,8H,4-7,9-11H2,1H3;(H,6,7). The number of aliphatic carboxylic acids is 1. The van der Waals surface area contributed by atoms with Gasteiger partial charge < -0.3 is 14.7 Å². The first-order valence-corrected chi connectivity index (χ1v) is 10.4. The van der Waals surface area contributed by atoms with Gasteiger partial charge in [0.2, 0.25) is 0 Å². The highest BCUT2D eigenvalue weighted by Crippen LogP contribution is 2.35. The van der Waals surface area contributed by atoms with Gasteiger partial charge in [0, 0.05) is 25.0 Å². The lowest BCUT2D eigenvalue weighted by atomic mass is 9.88.